The maximum absolute atomic E-state index is 10.6. The van der Waals surface area contributed by atoms with Gasteiger partial charge in [0.2, 0.25) is 0 Å². The molecule has 0 unspecified atom stereocenters. The number of nitro benzene ring substituents is 1. The Bertz CT molecular complexity index is 418. The van der Waals surface area contributed by atoms with Crippen LogP contribution in [-0.4, -0.2) is 10.8 Å². The van der Waals surface area contributed by atoms with Gasteiger partial charge < -0.3 is 0 Å². The van der Waals surface area contributed by atoms with Crippen LogP contribution in [0.5, 0.6) is 0 Å². The molecule has 0 aliphatic rings. The highest BCUT2D eigenvalue weighted by atomic mass is 35.5. The molecule has 0 saturated carbocycles. The Morgan fingerprint density at radius 3 is 2.86 bits per heavy atom. The monoisotopic (exact) mass is 209 g/mol. The van der Waals surface area contributed by atoms with Crippen molar-refractivity contribution in [1.29, 1.82) is 0 Å². The van der Waals surface area contributed by atoms with Gasteiger partial charge in [-0.05, 0) is 13.0 Å². The van der Waals surface area contributed by atoms with E-state index in [4.69, 9.17) is 11.6 Å². The molecule has 1 aromatic carbocycles. The molecular weight excluding hydrogens is 202 g/mol. The molecule has 1 rings (SSSR count). The molecule has 0 aromatic heterocycles. The van der Waals surface area contributed by atoms with Gasteiger partial charge >= 0.3 is 0 Å². The molecule has 0 saturated heterocycles. The van der Waals surface area contributed by atoms with Crippen molar-refractivity contribution < 1.29 is 4.92 Å². The molecule has 0 heterocycles. The Morgan fingerprint density at radius 1 is 1.57 bits per heavy atom. The minimum Gasteiger partial charge on any atom is -0.258 e. The fourth-order valence-corrected chi connectivity index (χ4v) is 1.09. The van der Waals surface area contributed by atoms with E-state index in [1.54, 1.807) is 19.1 Å². The lowest BCUT2D eigenvalue weighted by atomic mass is 10.1. The van der Waals surface area contributed by atoms with Gasteiger partial charge in [0.05, 0.1) is 10.8 Å². The third-order valence-corrected chi connectivity index (χ3v) is 1.84. The SMILES string of the molecule is Cc1ccc(C#CCCl)cc1[N+](=O)[O-]. The minimum absolute atomic E-state index is 0.0892. The van der Waals surface area contributed by atoms with Crippen molar-refractivity contribution in [3.63, 3.8) is 0 Å². The van der Waals surface area contributed by atoms with Crippen LogP contribution >= 0.6 is 11.6 Å². The number of nitro groups is 1. The van der Waals surface area contributed by atoms with Crippen molar-refractivity contribution in [1.82, 2.24) is 0 Å². The number of halogens is 1. The van der Waals surface area contributed by atoms with E-state index in [9.17, 15) is 10.1 Å². The molecule has 0 bridgehead atoms. The zero-order valence-corrected chi connectivity index (χ0v) is 8.34. The lowest BCUT2D eigenvalue weighted by molar-refractivity contribution is -0.385. The van der Waals surface area contributed by atoms with Crippen molar-refractivity contribution in [3.05, 3.63) is 39.4 Å². The Morgan fingerprint density at radius 2 is 2.29 bits per heavy atom. The van der Waals surface area contributed by atoms with E-state index in [2.05, 4.69) is 11.8 Å². The summed E-state index contributed by atoms with van der Waals surface area (Å²) in [5, 5.41) is 10.6. The van der Waals surface area contributed by atoms with E-state index in [-0.39, 0.29) is 11.6 Å². The Kier molecular flexibility index (Phi) is 3.49. The van der Waals surface area contributed by atoms with Crippen molar-refractivity contribution in [2.24, 2.45) is 0 Å². The van der Waals surface area contributed by atoms with Crippen LogP contribution in [0.2, 0.25) is 0 Å². The third-order valence-electron chi connectivity index (χ3n) is 1.71. The lowest BCUT2D eigenvalue weighted by Gasteiger charge is -1.96. The van der Waals surface area contributed by atoms with Gasteiger partial charge in [-0.3, -0.25) is 10.1 Å². The zero-order valence-electron chi connectivity index (χ0n) is 7.58. The smallest absolute Gasteiger partial charge is 0.258 e. The summed E-state index contributed by atoms with van der Waals surface area (Å²) < 4.78 is 0. The number of aryl methyl sites for hydroxylation is 1. The number of rotatable bonds is 1. The Labute approximate surface area is 86.8 Å². The van der Waals surface area contributed by atoms with Crippen LogP contribution in [0.25, 0.3) is 0 Å². The molecule has 1 aromatic rings. The molecule has 14 heavy (non-hydrogen) atoms. The van der Waals surface area contributed by atoms with Gasteiger partial charge in [-0.25, -0.2) is 0 Å². The summed E-state index contributed by atoms with van der Waals surface area (Å²) in [6, 6.07) is 4.87. The summed E-state index contributed by atoms with van der Waals surface area (Å²) >= 11 is 5.38. The molecule has 0 fully saturated rings. The summed E-state index contributed by atoms with van der Waals surface area (Å²) in [6.45, 7) is 1.69. The number of hydrogen-bond acceptors (Lipinski definition) is 2. The van der Waals surface area contributed by atoms with E-state index >= 15 is 0 Å². The van der Waals surface area contributed by atoms with Crippen LogP contribution in [0.3, 0.4) is 0 Å². The second kappa shape index (κ2) is 4.64. The number of nitrogens with zero attached hydrogens (tertiary/aromatic N) is 1. The number of hydrogen-bond donors (Lipinski definition) is 0. The first-order valence-electron chi connectivity index (χ1n) is 3.95. The number of alkyl halides is 1. The highest BCUT2D eigenvalue weighted by Crippen LogP contribution is 2.18. The predicted octanol–water partition coefficient (Wildman–Crippen LogP) is 2.49. The van der Waals surface area contributed by atoms with E-state index < -0.39 is 4.92 Å². The summed E-state index contributed by atoms with van der Waals surface area (Å²) in [6.07, 6.45) is 0. The van der Waals surface area contributed by atoms with Crippen molar-refractivity contribution in [3.8, 4) is 11.8 Å². The van der Waals surface area contributed by atoms with Gasteiger partial charge in [0.15, 0.2) is 0 Å². The molecule has 0 aliphatic heterocycles. The van der Waals surface area contributed by atoms with Crippen molar-refractivity contribution in [2.45, 2.75) is 6.92 Å². The molecule has 3 nitrogen and oxygen atoms in total. The first-order valence-corrected chi connectivity index (χ1v) is 4.48. The quantitative estimate of drug-likeness (QED) is 0.309. The second-order valence-corrected chi connectivity index (χ2v) is 2.96. The second-order valence-electron chi connectivity index (χ2n) is 2.69. The fraction of sp³-hybridized carbons (Fsp3) is 0.200. The topological polar surface area (TPSA) is 43.1 Å². The molecule has 72 valence electrons. The number of benzene rings is 1. The maximum atomic E-state index is 10.6. The van der Waals surface area contributed by atoms with Crippen LogP contribution in [0.15, 0.2) is 18.2 Å². The van der Waals surface area contributed by atoms with Gasteiger partial charge in [-0.1, -0.05) is 17.9 Å². The van der Waals surface area contributed by atoms with Crippen molar-refractivity contribution >= 4 is 17.3 Å². The lowest BCUT2D eigenvalue weighted by Crippen LogP contribution is -1.92. The first kappa shape index (κ1) is 10.6. The van der Waals surface area contributed by atoms with Gasteiger partial charge in [0.1, 0.15) is 0 Å². The molecule has 0 atom stereocenters. The minimum atomic E-state index is -0.415. The van der Waals surface area contributed by atoms with Gasteiger partial charge in [-0.2, -0.15) is 0 Å². The Hall–Kier alpha value is -1.53. The van der Waals surface area contributed by atoms with Crippen molar-refractivity contribution in [2.75, 3.05) is 5.88 Å². The Balaban J connectivity index is 3.13. The average Bonchev–Trinajstić information content (AvgIpc) is 2.16. The molecule has 0 spiro atoms. The standard InChI is InChI=1S/C10H8ClNO2/c1-8-4-5-9(3-2-6-11)7-10(8)12(13)14/h4-5,7H,6H2,1H3. The largest absolute Gasteiger partial charge is 0.273 e. The normalized spacial score (nSPS) is 9.00. The van der Waals surface area contributed by atoms with E-state index in [1.165, 1.54) is 6.07 Å². The van der Waals surface area contributed by atoms with Gasteiger partial charge in [0.25, 0.3) is 5.69 Å². The summed E-state index contributed by atoms with van der Waals surface area (Å²) in [5.41, 5.74) is 1.33. The average molecular weight is 210 g/mol. The van der Waals surface area contributed by atoms with Gasteiger partial charge in [-0.15, -0.1) is 11.6 Å². The van der Waals surface area contributed by atoms with E-state index in [1.807, 2.05) is 0 Å². The molecular formula is C10H8ClNO2. The summed E-state index contributed by atoms with van der Waals surface area (Å²) in [5.74, 6) is 5.60. The summed E-state index contributed by atoms with van der Waals surface area (Å²) in [4.78, 5) is 10.2. The third kappa shape index (κ3) is 2.48. The van der Waals surface area contributed by atoms with Crippen LogP contribution in [0.1, 0.15) is 11.1 Å². The van der Waals surface area contributed by atoms with E-state index in [0.717, 1.165) is 0 Å². The van der Waals surface area contributed by atoms with Crippen LogP contribution in [-0.2, 0) is 0 Å². The fourth-order valence-electron chi connectivity index (χ4n) is 1.02. The zero-order chi connectivity index (χ0) is 10.6. The van der Waals surface area contributed by atoms with Crippen LogP contribution in [0, 0.1) is 28.9 Å². The highest BCUT2D eigenvalue weighted by molar-refractivity contribution is 6.19. The molecule has 0 radical (unpaired) electrons. The first-order chi connectivity index (χ1) is 6.65. The molecule has 0 aliphatic carbocycles. The van der Waals surface area contributed by atoms with Crippen LogP contribution < -0.4 is 0 Å². The molecule has 0 amide bonds. The predicted molar refractivity (Wildman–Crippen MR) is 55.4 cm³/mol. The van der Waals surface area contributed by atoms with Crippen LogP contribution in [0.4, 0.5) is 5.69 Å². The van der Waals surface area contributed by atoms with Gasteiger partial charge in [0, 0.05) is 17.2 Å². The summed E-state index contributed by atoms with van der Waals surface area (Å²) in [7, 11) is 0. The molecule has 0 N–H and O–H groups in total. The highest BCUT2D eigenvalue weighted by Gasteiger charge is 2.09. The molecule has 4 heteroatoms. The van der Waals surface area contributed by atoms with E-state index in [0.29, 0.717) is 11.1 Å². The maximum Gasteiger partial charge on any atom is 0.273 e.